The molecule has 0 N–H and O–H groups in total. The van der Waals surface area contributed by atoms with Crippen LogP contribution in [-0.4, -0.2) is 57.5 Å². The highest BCUT2D eigenvalue weighted by atomic mass is 32.2. The second-order valence-electron chi connectivity index (χ2n) is 4.77. The molecule has 0 saturated heterocycles. The van der Waals surface area contributed by atoms with Gasteiger partial charge in [-0.2, -0.15) is 0 Å². The van der Waals surface area contributed by atoms with Crippen molar-refractivity contribution in [1.29, 1.82) is 0 Å². The van der Waals surface area contributed by atoms with E-state index in [-0.39, 0.29) is 30.1 Å². The zero-order valence-corrected chi connectivity index (χ0v) is 13.7. The summed E-state index contributed by atoms with van der Waals surface area (Å²) in [6, 6.07) is 0.249. The number of nitrogens with zero attached hydrogens (tertiary/aromatic N) is 4. The maximum absolute atomic E-state index is 12.0. The molecule has 0 aliphatic carbocycles. The SMILES string of the molecule is CCOC(=O)CCN(C)C(=O)CSc1nncn1C(C)C. The summed E-state index contributed by atoms with van der Waals surface area (Å²) in [6.45, 7) is 6.53. The van der Waals surface area contributed by atoms with Crippen LogP contribution in [0.15, 0.2) is 11.5 Å². The number of hydrogen-bond donors (Lipinski definition) is 0. The number of ether oxygens (including phenoxy) is 1. The summed E-state index contributed by atoms with van der Waals surface area (Å²) in [7, 11) is 1.68. The van der Waals surface area contributed by atoms with Crippen molar-refractivity contribution >= 4 is 23.6 Å². The zero-order valence-electron chi connectivity index (χ0n) is 12.9. The van der Waals surface area contributed by atoms with Gasteiger partial charge in [-0.25, -0.2) is 0 Å². The van der Waals surface area contributed by atoms with E-state index in [0.29, 0.717) is 13.2 Å². The van der Waals surface area contributed by atoms with Crippen LogP contribution >= 0.6 is 11.8 Å². The van der Waals surface area contributed by atoms with E-state index in [9.17, 15) is 9.59 Å². The molecule has 0 radical (unpaired) electrons. The number of thioether (sulfide) groups is 1. The summed E-state index contributed by atoms with van der Waals surface area (Å²) >= 11 is 1.34. The van der Waals surface area contributed by atoms with Crippen molar-refractivity contribution in [2.75, 3.05) is 26.0 Å². The van der Waals surface area contributed by atoms with Crippen LogP contribution in [0.1, 0.15) is 33.2 Å². The number of aromatic nitrogens is 3. The van der Waals surface area contributed by atoms with Gasteiger partial charge in [0.15, 0.2) is 5.16 Å². The molecule has 21 heavy (non-hydrogen) atoms. The summed E-state index contributed by atoms with van der Waals surface area (Å²) < 4.78 is 6.74. The van der Waals surface area contributed by atoms with Crippen LogP contribution in [0.25, 0.3) is 0 Å². The molecule has 8 heteroatoms. The number of hydrogen-bond acceptors (Lipinski definition) is 6. The van der Waals surface area contributed by atoms with Crippen LogP contribution < -0.4 is 0 Å². The highest BCUT2D eigenvalue weighted by molar-refractivity contribution is 7.99. The van der Waals surface area contributed by atoms with Crippen LogP contribution in [0.2, 0.25) is 0 Å². The fourth-order valence-electron chi connectivity index (χ4n) is 1.54. The van der Waals surface area contributed by atoms with Crippen LogP contribution in [0, 0.1) is 0 Å². The van der Waals surface area contributed by atoms with Crippen LogP contribution in [0.4, 0.5) is 0 Å². The second kappa shape index (κ2) is 8.66. The van der Waals surface area contributed by atoms with Crippen molar-refractivity contribution in [2.24, 2.45) is 0 Å². The molecular formula is C13H22N4O3S. The lowest BCUT2D eigenvalue weighted by Gasteiger charge is -2.16. The Bertz CT molecular complexity index is 476. The largest absolute Gasteiger partial charge is 0.466 e. The van der Waals surface area contributed by atoms with Crippen molar-refractivity contribution in [1.82, 2.24) is 19.7 Å². The molecule has 0 unspecified atom stereocenters. The third kappa shape index (κ3) is 5.74. The number of rotatable bonds is 8. The molecule has 1 heterocycles. The first kappa shape index (κ1) is 17.5. The molecule has 0 bridgehead atoms. The molecular weight excluding hydrogens is 292 g/mol. The zero-order chi connectivity index (χ0) is 15.8. The first-order valence-electron chi connectivity index (χ1n) is 6.87. The molecule has 118 valence electrons. The Morgan fingerprint density at radius 2 is 2.19 bits per heavy atom. The van der Waals surface area contributed by atoms with E-state index in [2.05, 4.69) is 10.2 Å². The van der Waals surface area contributed by atoms with Gasteiger partial charge in [0.2, 0.25) is 5.91 Å². The molecule has 0 saturated carbocycles. The van der Waals surface area contributed by atoms with E-state index in [1.54, 1.807) is 20.3 Å². The average Bonchev–Trinajstić information content (AvgIpc) is 2.91. The van der Waals surface area contributed by atoms with E-state index in [4.69, 9.17) is 4.74 Å². The predicted molar refractivity (Wildman–Crippen MR) is 80.0 cm³/mol. The molecule has 1 aromatic heterocycles. The van der Waals surface area contributed by atoms with E-state index in [1.165, 1.54) is 16.7 Å². The first-order chi connectivity index (χ1) is 9.95. The quantitative estimate of drug-likeness (QED) is 0.532. The Kier molecular flexibility index (Phi) is 7.21. The molecule has 7 nitrogen and oxygen atoms in total. The minimum Gasteiger partial charge on any atom is -0.466 e. The minimum absolute atomic E-state index is 0.0531. The lowest BCUT2D eigenvalue weighted by Crippen LogP contribution is -2.30. The molecule has 0 aliphatic rings. The van der Waals surface area contributed by atoms with Crippen molar-refractivity contribution in [2.45, 2.75) is 38.4 Å². The second-order valence-corrected chi connectivity index (χ2v) is 5.72. The lowest BCUT2D eigenvalue weighted by molar-refractivity contribution is -0.143. The average molecular weight is 314 g/mol. The van der Waals surface area contributed by atoms with E-state index < -0.39 is 0 Å². The van der Waals surface area contributed by atoms with Gasteiger partial charge in [0, 0.05) is 19.6 Å². The van der Waals surface area contributed by atoms with Crippen LogP contribution in [0.5, 0.6) is 0 Å². The Morgan fingerprint density at radius 1 is 1.48 bits per heavy atom. The Morgan fingerprint density at radius 3 is 2.81 bits per heavy atom. The smallest absolute Gasteiger partial charge is 0.307 e. The molecule has 0 aliphatic heterocycles. The van der Waals surface area contributed by atoms with Crippen LogP contribution in [0.3, 0.4) is 0 Å². The predicted octanol–water partition coefficient (Wildman–Crippen LogP) is 1.36. The van der Waals surface area contributed by atoms with E-state index >= 15 is 0 Å². The maximum atomic E-state index is 12.0. The number of carbonyl (C=O) groups excluding carboxylic acids is 2. The van der Waals surface area contributed by atoms with Crippen molar-refractivity contribution < 1.29 is 14.3 Å². The topological polar surface area (TPSA) is 77.3 Å². The molecule has 0 fully saturated rings. The van der Waals surface area contributed by atoms with Gasteiger partial charge in [0.05, 0.1) is 18.8 Å². The third-order valence-electron chi connectivity index (χ3n) is 2.80. The van der Waals surface area contributed by atoms with Gasteiger partial charge in [-0.15, -0.1) is 10.2 Å². The van der Waals surface area contributed by atoms with E-state index in [1.807, 2.05) is 18.4 Å². The highest BCUT2D eigenvalue weighted by Crippen LogP contribution is 2.18. The monoisotopic (exact) mass is 314 g/mol. The fraction of sp³-hybridized carbons (Fsp3) is 0.692. The summed E-state index contributed by atoms with van der Waals surface area (Å²) in [5.74, 6) is -0.0722. The maximum Gasteiger partial charge on any atom is 0.307 e. The summed E-state index contributed by atoms with van der Waals surface area (Å²) in [4.78, 5) is 24.8. The van der Waals surface area contributed by atoms with Gasteiger partial charge in [-0.05, 0) is 20.8 Å². The van der Waals surface area contributed by atoms with E-state index in [0.717, 1.165) is 5.16 Å². The first-order valence-corrected chi connectivity index (χ1v) is 7.86. The molecule has 1 aromatic rings. The normalized spacial score (nSPS) is 10.7. The molecule has 0 spiro atoms. The van der Waals surface area contributed by atoms with Gasteiger partial charge in [0.25, 0.3) is 0 Å². The summed E-state index contributed by atoms with van der Waals surface area (Å²) in [6.07, 6.45) is 1.87. The summed E-state index contributed by atoms with van der Waals surface area (Å²) in [5.41, 5.74) is 0. The Balaban J connectivity index is 2.39. The third-order valence-corrected chi connectivity index (χ3v) is 3.75. The van der Waals surface area contributed by atoms with Gasteiger partial charge in [-0.1, -0.05) is 11.8 Å². The molecule has 0 atom stereocenters. The van der Waals surface area contributed by atoms with Crippen LogP contribution in [-0.2, 0) is 14.3 Å². The van der Waals surface area contributed by atoms with Gasteiger partial charge < -0.3 is 14.2 Å². The Hall–Kier alpha value is -1.57. The van der Waals surface area contributed by atoms with Crippen molar-refractivity contribution in [3.05, 3.63) is 6.33 Å². The lowest BCUT2D eigenvalue weighted by atomic mass is 10.4. The van der Waals surface area contributed by atoms with Gasteiger partial charge in [-0.3, -0.25) is 9.59 Å². The molecule has 1 rings (SSSR count). The van der Waals surface area contributed by atoms with Gasteiger partial charge >= 0.3 is 5.97 Å². The molecule has 0 aromatic carbocycles. The van der Waals surface area contributed by atoms with Gasteiger partial charge in [0.1, 0.15) is 6.33 Å². The minimum atomic E-state index is -0.288. The molecule has 1 amide bonds. The number of carbonyl (C=O) groups is 2. The Labute approximate surface area is 129 Å². The number of esters is 1. The summed E-state index contributed by atoms with van der Waals surface area (Å²) in [5, 5.41) is 8.57. The fourth-order valence-corrected chi connectivity index (χ4v) is 2.53. The van der Waals surface area contributed by atoms with Crippen molar-refractivity contribution in [3.63, 3.8) is 0 Å². The van der Waals surface area contributed by atoms with Crippen molar-refractivity contribution in [3.8, 4) is 0 Å². The highest BCUT2D eigenvalue weighted by Gasteiger charge is 2.14. The standard InChI is InChI=1S/C13H22N4O3S/c1-5-20-12(19)6-7-16(4)11(18)8-21-13-15-14-9-17(13)10(2)3/h9-10H,5-8H2,1-4H3. The number of amides is 1.